The molecule has 0 radical (unpaired) electrons. The number of hydrogen-bond acceptors (Lipinski definition) is 1. The molecule has 15 heavy (non-hydrogen) atoms. The van der Waals surface area contributed by atoms with Crippen LogP contribution in [0, 0.1) is 0 Å². The van der Waals surface area contributed by atoms with E-state index in [2.05, 4.69) is 27.1 Å². The van der Waals surface area contributed by atoms with Crippen LogP contribution in [-0.2, 0) is 12.8 Å². The Balaban J connectivity index is 2.30. The van der Waals surface area contributed by atoms with Gasteiger partial charge < -0.3 is 9.97 Å². The predicted molar refractivity (Wildman–Crippen MR) is 60.0 cm³/mol. The van der Waals surface area contributed by atoms with E-state index in [1.165, 1.54) is 41.4 Å². The van der Waals surface area contributed by atoms with E-state index in [-0.39, 0.29) is 0 Å². The number of H-pyrrole nitrogens is 2. The lowest BCUT2D eigenvalue weighted by Gasteiger charge is -1.95. The number of aromatic amines is 2. The van der Waals surface area contributed by atoms with E-state index in [0.717, 1.165) is 11.0 Å². The van der Waals surface area contributed by atoms with Crippen LogP contribution < -0.4 is 0 Å². The molecule has 2 heterocycles. The fourth-order valence-electron chi connectivity index (χ4n) is 2.74. The maximum atomic E-state index is 4.42. The zero-order valence-corrected chi connectivity index (χ0v) is 8.30. The Kier molecular flexibility index (Phi) is 1.21. The van der Waals surface area contributed by atoms with Gasteiger partial charge in [-0.15, -0.1) is 0 Å². The highest BCUT2D eigenvalue weighted by molar-refractivity contribution is 6.05. The van der Waals surface area contributed by atoms with Crippen LogP contribution in [-0.4, -0.2) is 15.0 Å². The summed E-state index contributed by atoms with van der Waals surface area (Å²) in [5, 5.41) is 1.33. The smallest absolute Gasteiger partial charge is 0.0979 e. The topological polar surface area (TPSA) is 44.5 Å². The van der Waals surface area contributed by atoms with E-state index >= 15 is 0 Å². The highest BCUT2D eigenvalue weighted by Gasteiger charge is 2.18. The standard InChI is InChI=1S/C12H11N3/c1-2-7-8(3-1)15-9-4-5-10-12(11(7)9)14-6-13-10/h4-6,15H,1-3H2,(H,13,14). The van der Waals surface area contributed by atoms with Crippen molar-refractivity contribution in [2.45, 2.75) is 19.3 Å². The maximum Gasteiger partial charge on any atom is 0.0979 e. The second-order valence-corrected chi connectivity index (χ2v) is 4.22. The summed E-state index contributed by atoms with van der Waals surface area (Å²) in [5.74, 6) is 0. The van der Waals surface area contributed by atoms with Crippen LogP contribution in [0.1, 0.15) is 17.7 Å². The summed E-state index contributed by atoms with van der Waals surface area (Å²) in [6.07, 6.45) is 5.44. The third-order valence-electron chi connectivity index (χ3n) is 3.40. The van der Waals surface area contributed by atoms with E-state index in [9.17, 15) is 0 Å². The van der Waals surface area contributed by atoms with Crippen molar-refractivity contribution in [3.8, 4) is 0 Å². The summed E-state index contributed by atoms with van der Waals surface area (Å²) in [6, 6.07) is 4.24. The molecular formula is C12H11N3. The predicted octanol–water partition coefficient (Wildman–Crippen LogP) is 2.53. The van der Waals surface area contributed by atoms with Crippen LogP contribution in [0.3, 0.4) is 0 Å². The molecule has 2 aromatic heterocycles. The molecule has 2 N–H and O–H groups in total. The van der Waals surface area contributed by atoms with Gasteiger partial charge in [0, 0.05) is 16.6 Å². The number of fused-ring (bicyclic) bond motifs is 5. The summed E-state index contributed by atoms with van der Waals surface area (Å²) >= 11 is 0. The zero-order chi connectivity index (χ0) is 9.83. The molecule has 0 spiro atoms. The van der Waals surface area contributed by atoms with Gasteiger partial charge in [-0.05, 0) is 37.0 Å². The average Bonchev–Trinajstić information content (AvgIpc) is 2.89. The number of nitrogens with zero attached hydrogens (tertiary/aromatic N) is 1. The molecule has 74 valence electrons. The van der Waals surface area contributed by atoms with Gasteiger partial charge in [0.15, 0.2) is 0 Å². The van der Waals surface area contributed by atoms with Gasteiger partial charge in [-0.3, -0.25) is 0 Å². The van der Waals surface area contributed by atoms with Gasteiger partial charge in [0.2, 0.25) is 0 Å². The molecule has 0 amide bonds. The minimum Gasteiger partial charge on any atom is -0.358 e. The molecule has 3 heteroatoms. The first-order valence-electron chi connectivity index (χ1n) is 5.39. The van der Waals surface area contributed by atoms with E-state index in [0.29, 0.717) is 0 Å². The highest BCUT2D eigenvalue weighted by Crippen LogP contribution is 2.33. The molecule has 0 fully saturated rings. The third-order valence-corrected chi connectivity index (χ3v) is 3.40. The van der Waals surface area contributed by atoms with Crippen molar-refractivity contribution in [2.75, 3.05) is 0 Å². The second kappa shape index (κ2) is 2.42. The summed E-state index contributed by atoms with van der Waals surface area (Å²) < 4.78 is 0. The average molecular weight is 197 g/mol. The van der Waals surface area contributed by atoms with E-state index < -0.39 is 0 Å². The Morgan fingerprint density at radius 3 is 3.07 bits per heavy atom. The fraction of sp³-hybridized carbons (Fsp3) is 0.250. The Morgan fingerprint density at radius 1 is 1.13 bits per heavy atom. The monoisotopic (exact) mass is 197 g/mol. The summed E-state index contributed by atoms with van der Waals surface area (Å²) in [4.78, 5) is 11.1. The molecule has 1 aliphatic carbocycles. The Bertz CT molecular complexity index is 660. The van der Waals surface area contributed by atoms with Crippen LogP contribution in [0.2, 0.25) is 0 Å². The van der Waals surface area contributed by atoms with Crippen molar-refractivity contribution in [3.63, 3.8) is 0 Å². The Hall–Kier alpha value is -1.77. The molecule has 0 saturated carbocycles. The van der Waals surface area contributed by atoms with Crippen molar-refractivity contribution in [2.24, 2.45) is 0 Å². The van der Waals surface area contributed by atoms with Gasteiger partial charge in [-0.2, -0.15) is 0 Å². The number of aromatic nitrogens is 3. The van der Waals surface area contributed by atoms with Gasteiger partial charge >= 0.3 is 0 Å². The quantitative estimate of drug-likeness (QED) is 0.571. The first-order chi connectivity index (χ1) is 7.43. The zero-order valence-electron chi connectivity index (χ0n) is 8.30. The number of benzene rings is 1. The molecular weight excluding hydrogens is 186 g/mol. The lowest BCUT2D eigenvalue weighted by atomic mass is 10.1. The largest absolute Gasteiger partial charge is 0.358 e. The number of hydrogen-bond donors (Lipinski definition) is 2. The maximum absolute atomic E-state index is 4.42. The summed E-state index contributed by atoms with van der Waals surface area (Å²) in [5.41, 5.74) is 6.39. The molecule has 1 aromatic carbocycles. The minimum absolute atomic E-state index is 1.12. The van der Waals surface area contributed by atoms with Crippen LogP contribution >= 0.6 is 0 Å². The highest BCUT2D eigenvalue weighted by atomic mass is 14.9. The molecule has 4 rings (SSSR count). The lowest BCUT2D eigenvalue weighted by molar-refractivity contribution is 0.899. The summed E-state index contributed by atoms with van der Waals surface area (Å²) in [7, 11) is 0. The normalized spacial score (nSPS) is 15.2. The molecule has 0 saturated heterocycles. The van der Waals surface area contributed by atoms with Gasteiger partial charge in [0.25, 0.3) is 0 Å². The van der Waals surface area contributed by atoms with Gasteiger partial charge in [0.1, 0.15) is 0 Å². The molecule has 0 atom stereocenters. The van der Waals surface area contributed by atoms with Crippen LogP contribution in [0.5, 0.6) is 0 Å². The van der Waals surface area contributed by atoms with Crippen LogP contribution in [0.25, 0.3) is 21.9 Å². The number of aryl methyl sites for hydroxylation is 2. The van der Waals surface area contributed by atoms with Crippen molar-refractivity contribution < 1.29 is 0 Å². The summed E-state index contributed by atoms with van der Waals surface area (Å²) in [6.45, 7) is 0. The molecule has 0 aliphatic heterocycles. The number of imidazole rings is 1. The molecule has 1 aliphatic rings. The molecule has 0 unspecified atom stereocenters. The van der Waals surface area contributed by atoms with E-state index in [1.807, 2.05) is 0 Å². The Morgan fingerprint density at radius 2 is 2.07 bits per heavy atom. The molecule has 3 nitrogen and oxygen atoms in total. The van der Waals surface area contributed by atoms with Crippen molar-refractivity contribution in [1.82, 2.24) is 15.0 Å². The van der Waals surface area contributed by atoms with Crippen LogP contribution in [0.4, 0.5) is 0 Å². The van der Waals surface area contributed by atoms with Crippen molar-refractivity contribution >= 4 is 21.9 Å². The van der Waals surface area contributed by atoms with Crippen molar-refractivity contribution in [1.29, 1.82) is 0 Å². The van der Waals surface area contributed by atoms with E-state index in [4.69, 9.17) is 0 Å². The molecule has 3 aromatic rings. The first-order valence-corrected chi connectivity index (χ1v) is 5.39. The molecule has 0 bridgehead atoms. The lowest BCUT2D eigenvalue weighted by Crippen LogP contribution is -1.78. The third kappa shape index (κ3) is 0.832. The van der Waals surface area contributed by atoms with Crippen LogP contribution in [0.15, 0.2) is 18.5 Å². The Labute approximate surface area is 86.5 Å². The number of nitrogens with one attached hydrogen (secondary N) is 2. The fourth-order valence-corrected chi connectivity index (χ4v) is 2.74. The SMILES string of the molecule is c1nc2c(ccc3[nH]c4c(c32)CCC4)[nH]1. The van der Waals surface area contributed by atoms with Gasteiger partial charge in [-0.1, -0.05) is 0 Å². The second-order valence-electron chi connectivity index (χ2n) is 4.22. The van der Waals surface area contributed by atoms with Crippen molar-refractivity contribution in [3.05, 3.63) is 29.7 Å². The van der Waals surface area contributed by atoms with E-state index in [1.54, 1.807) is 6.33 Å². The minimum atomic E-state index is 1.12. The number of rotatable bonds is 0. The van der Waals surface area contributed by atoms with Gasteiger partial charge in [0.05, 0.1) is 17.4 Å². The first kappa shape index (κ1) is 7.51. The van der Waals surface area contributed by atoms with Gasteiger partial charge in [-0.25, -0.2) is 4.98 Å².